The largest absolute Gasteiger partial charge is 0.378 e. The lowest BCUT2D eigenvalue weighted by Gasteiger charge is -2.13. The molecule has 132 valence electrons. The highest BCUT2D eigenvalue weighted by Gasteiger charge is 2.17. The number of amides is 1. The molecule has 1 saturated heterocycles. The SMILES string of the molecule is CN(C)c1ccc(Nc2cnc(C(=O)NCC3CCCO3)cn2)cc1. The Labute approximate surface area is 147 Å². The lowest BCUT2D eigenvalue weighted by atomic mass is 10.2. The average molecular weight is 341 g/mol. The molecule has 1 aliphatic heterocycles. The molecule has 7 nitrogen and oxygen atoms in total. The highest BCUT2D eigenvalue weighted by atomic mass is 16.5. The molecule has 2 aromatic rings. The molecule has 7 heteroatoms. The van der Waals surface area contributed by atoms with Gasteiger partial charge in [-0.25, -0.2) is 9.97 Å². The lowest BCUT2D eigenvalue weighted by Crippen LogP contribution is -2.32. The molecule has 0 radical (unpaired) electrons. The second-order valence-corrected chi connectivity index (χ2v) is 6.20. The Morgan fingerprint density at radius 1 is 1.24 bits per heavy atom. The third-order valence-corrected chi connectivity index (χ3v) is 4.05. The van der Waals surface area contributed by atoms with Gasteiger partial charge in [0.25, 0.3) is 5.91 Å². The molecule has 1 atom stereocenters. The zero-order valence-electron chi connectivity index (χ0n) is 14.5. The predicted octanol–water partition coefficient (Wildman–Crippen LogP) is 2.19. The zero-order chi connectivity index (χ0) is 17.6. The molecule has 1 aromatic carbocycles. The van der Waals surface area contributed by atoms with Crippen molar-refractivity contribution in [1.82, 2.24) is 15.3 Å². The highest BCUT2D eigenvalue weighted by molar-refractivity contribution is 5.92. The van der Waals surface area contributed by atoms with Gasteiger partial charge in [0.2, 0.25) is 0 Å². The van der Waals surface area contributed by atoms with Crippen LogP contribution in [0.15, 0.2) is 36.7 Å². The Bertz CT molecular complexity index is 694. The van der Waals surface area contributed by atoms with Crippen molar-refractivity contribution in [3.05, 3.63) is 42.4 Å². The summed E-state index contributed by atoms with van der Waals surface area (Å²) in [5.41, 5.74) is 2.33. The van der Waals surface area contributed by atoms with E-state index in [1.807, 2.05) is 43.3 Å². The molecule has 2 N–H and O–H groups in total. The third-order valence-electron chi connectivity index (χ3n) is 4.05. The number of rotatable bonds is 6. The van der Waals surface area contributed by atoms with Crippen LogP contribution in [-0.4, -0.2) is 49.2 Å². The van der Waals surface area contributed by atoms with E-state index in [4.69, 9.17) is 4.74 Å². The van der Waals surface area contributed by atoms with Gasteiger partial charge < -0.3 is 20.3 Å². The van der Waals surface area contributed by atoms with E-state index >= 15 is 0 Å². The van der Waals surface area contributed by atoms with E-state index in [2.05, 4.69) is 20.6 Å². The van der Waals surface area contributed by atoms with Gasteiger partial charge in [0, 0.05) is 38.6 Å². The molecule has 2 heterocycles. The third kappa shape index (κ3) is 4.67. The Hall–Kier alpha value is -2.67. The van der Waals surface area contributed by atoms with Gasteiger partial charge in [0.15, 0.2) is 0 Å². The monoisotopic (exact) mass is 341 g/mol. The first-order valence-electron chi connectivity index (χ1n) is 8.38. The van der Waals surface area contributed by atoms with Crippen molar-refractivity contribution in [3.63, 3.8) is 0 Å². The van der Waals surface area contributed by atoms with Crippen LogP contribution in [0.25, 0.3) is 0 Å². The van der Waals surface area contributed by atoms with Crippen molar-refractivity contribution in [2.75, 3.05) is 37.5 Å². The average Bonchev–Trinajstić information content (AvgIpc) is 3.14. The number of hydrogen-bond donors (Lipinski definition) is 2. The van der Waals surface area contributed by atoms with Gasteiger partial charge in [-0.2, -0.15) is 0 Å². The zero-order valence-corrected chi connectivity index (χ0v) is 14.5. The van der Waals surface area contributed by atoms with E-state index < -0.39 is 0 Å². The van der Waals surface area contributed by atoms with E-state index in [-0.39, 0.29) is 12.0 Å². The van der Waals surface area contributed by atoms with Crippen molar-refractivity contribution >= 4 is 23.1 Å². The van der Waals surface area contributed by atoms with Gasteiger partial charge in [-0.3, -0.25) is 4.79 Å². The molecule has 1 unspecified atom stereocenters. The second-order valence-electron chi connectivity index (χ2n) is 6.20. The maximum Gasteiger partial charge on any atom is 0.271 e. The number of nitrogens with zero attached hydrogens (tertiary/aromatic N) is 3. The second kappa shape index (κ2) is 7.94. The summed E-state index contributed by atoms with van der Waals surface area (Å²) in [6, 6.07) is 7.98. The number of carbonyl (C=O) groups is 1. The minimum atomic E-state index is -0.232. The Balaban J connectivity index is 1.55. The van der Waals surface area contributed by atoms with Crippen molar-refractivity contribution in [1.29, 1.82) is 0 Å². The molecule has 1 aromatic heterocycles. The van der Waals surface area contributed by atoms with Gasteiger partial charge in [0.05, 0.1) is 18.5 Å². The minimum Gasteiger partial charge on any atom is -0.378 e. The molecule has 0 saturated carbocycles. The maximum atomic E-state index is 12.1. The van der Waals surface area contributed by atoms with Crippen LogP contribution in [0.3, 0.4) is 0 Å². The Morgan fingerprint density at radius 2 is 2.04 bits per heavy atom. The predicted molar refractivity (Wildman–Crippen MR) is 97.4 cm³/mol. The number of carbonyl (C=O) groups excluding carboxylic acids is 1. The first-order valence-corrected chi connectivity index (χ1v) is 8.38. The van der Waals surface area contributed by atoms with Crippen LogP contribution in [-0.2, 0) is 4.74 Å². The van der Waals surface area contributed by atoms with Crippen LogP contribution >= 0.6 is 0 Å². The summed E-state index contributed by atoms with van der Waals surface area (Å²) in [4.78, 5) is 22.5. The van der Waals surface area contributed by atoms with Crippen LogP contribution in [0, 0.1) is 0 Å². The van der Waals surface area contributed by atoms with E-state index in [1.54, 1.807) is 6.20 Å². The molecular weight excluding hydrogens is 318 g/mol. The molecule has 3 rings (SSSR count). The van der Waals surface area contributed by atoms with Gasteiger partial charge in [-0.1, -0.05) is 0 Å². The fourth-order valence-corrected chi connectivity index (χ4v) is 2.60. The fraction of sp³-hybridized carbons (Fsp3) is 0.389. The quantitative estimate of drug-likeness (QED) is 0.838. The minimum absolute atomic E-state index is 0.114. The maximum absolute atomic E-state index is 12.1. The summed E-state index contributed by atoms with van der Waals surface area (Å²) in [6.45, 7) is 1.29. The van der Waals surface area contributed by atoms with Gasteiger partial charge in [-0.05, 0) is 37.1 Å². The number of ether oxygens (including phenoxy) is 1. The summed E-state index contributed by atoms with van der Waals surface area (Å²) in [5.74, 6) is 0.359. The molecule has 0 aliphatic carbocycles. The van der Waals surface area contributed by atoms with Crippen molar-refractivity contribution in [3.8, 4) is 0 Å². The highest BCUT2D eigenvalue weighted by Crippen LogP contribution is 2.18. The number of hydrogen-bond acceptors (Lipinski definition) is 6. The summed E-state index contributed by atoms with van der Waals surface area (Å²) in [5, 5.41) is 6.00. The standard InChI is InChI=1S/C18H23N5O2/c1-23(2)14-7-5-13(6-8-14)22-17-12-19-16(11-20-17)18(24)21-10-15-4-3-9-25-15/h5-8,11-12,15H,3-4,9-10H2,1-2H3,(H,20,22)(H,21,24). The van der Waals surface area contributed by atoms with E-state index in [0.717, 1.165) is 30.8 Å². The number of benzene rings is 1. The molecular formula is C18H23N5O2. The fourth-order valence-electron chi connectivity index (χ4n) is 2.60. The van der Waals surface area contributed by atoms with Gasteiger partial charge >= 0.3 is 0 Å². The van der Waals surface area contributed by atoms with Crippen LogP contribution < -0.4 is 15.5 Å². The van der Waals surface area contributed by atoms with Gasteiger partial charge in [-0.15, -0.1) is 0 Å². The van der Waals surface area contributed by atoms with E-state index in [9.17, 15) is 4.79 Å². The summed E-state index contributed by atoms with van der Waals surface area (Å²) in [7, 11) is 3.99. The first kappa shape index (κ1) is 17.2. The summed E-state index contributed by atoms with van der Waals surface area (Å²) < 4.78 is 5.48. The lowest BCUT2D eigenvalue weighted by molar-refractivity contribution is 0.0853. The van der Waals surface area contributed by atoms with Crippen molar-refractivity contribution in [2.45, 2.75) is 18.9 Å². The van der Waals surface area contributed by atoms with Gasteiger partial charge in [0.1, 0.15) is 11.5 Å². The molecule has 1 fully saturated rings. The van der Waals surface area contributed by atoms with E-state index in [1.165, 1.54) is 6.20 Å². The van der Waals surface area contributed by atoms with Crippen LogP contribution in [0.5, 0.6) is 0 Å². The Kier molecular flexibility index (Phi) is 5.45. The number of nitrogens with one attached hydrogen (secondary N) is 2. The Morgan fingerprint density at radius 3 is 2.64 bits per heavy atom. The summed E-state index contributed by atoms with van der Waals surface area (Å²) >= 11 is 0. The van der Waals surface area contributed by atoms with Crippen molar-refractivity contribution < 1.29 is 9.53 Å². The number of anilines is 3. The smallest absolute Gasteiger partial charge is 0.271 e. The molecule has 1 amide bonds. The summed E-state index contributed by atoms with van der Waals surface area (Å²) in [6.07, 6.45) is 5.18. The van der Waals surface area contributed by atoms with Crippen LogP contribution in [0.2, 0.25) is 0 Å². The molecule has 0 bridgehead atoms. The van der Waals surface area contributed by atoms with Crippen LogP contribution in [0.4, 0.5) is 17.2 Å². The van der Waals surface area contributed by atoms with E-state index in [0.29, 0.717) is 18.1 Å². The normalized spacial score (nSPS) is 16.5. The molecule has 25 heavy (non-hydrogen) atoms. The van der Waals surface area contributed by atoms with Crippen LogP contribution in [0.1, 0.15) is 23.3 Å². The molecule has 0 spiro atoms. The number of aromatic nitrogens is 2. The topological polar surface area (TPSA) is 79.4 Å². The van der Waals surface area contributed by atoms with Crippen molar-refractivity contribution in [2.24, 2.45) is 0 Å². The molecule has 1 aliphatic rings. The first-order chi connectivity index (χ1) is 12.1.